The molecule has 0 aromatic carbocycles. The largest absolute Gasteiger partial charge is 0.481 e. The van der Waals surface area contributed by atoms with Crippen molar-refractivity contribution < 1.29 is 19.7 Å². The lowest BCUT2D eigenvalue weighted by Crippen LogP contribution is -2.35. The second kappa shape index (κ2) is 2.06. The summed E-state index contributed by atoms with van der Waals surface area (Å²) in [6, 6.07) is 0. The third kappa shape index (κ3) is 0.797. The van der Waals surface area contributed by atoms with Crippen LogP contribution in [0.15, 0.2) is 12.2 Å². The molecule has 4 atom stereocenters. The average Bonchev–Trinajstić information content (AvgIpc) is 2.44. The summed E-state index contributed by atoms with van der Waals surface area (Å²) < 4.78 is 5.12. The smallest absolute Gasteiger partial charge is 0.312 e. The number of aliphatic carboxylic acids is 1. The molecule has 4 unspecified atom stereocenters. The molecule has 0 saturated carbocycles. The Bertz CT molecular complexity index is 222. The second-order valence-corrected chi connectivity index (χ2v) is 2.80. The van der Waals surface area contributed by atoms with Crippen LogP contribution in [0.2, 0.25) is 0 Å². The number of ether oxygens (including phenoxy) is 1. The molecule has 2 heterocycles. The SMILES string of the molecule is O=C(O)C1C2C=CC(O2)C1O. The summed E-state index contributed by atoms with van der Waals surface area (Å²) >= 11 is 0. The highest BCUT2D eigenvalue weighted by Gasteiger charge is 2.48. The van der Waals surface area contributed by atoms with E-state index in [4.69, 9.17) is 9.84 Å². The Balaban J connectivity index is 2.25. The Morgan fingerprint density at radius 3 is 2.36 bits per heavy atom. The van der Waals surface area contributed by atoms with E-state index in [1.807, 2.05) is 0 Å². The maximum absolute atomic E-state index is 10.5. The van der Waals surface area contributed by atoms with Crippen molar-refractivity contribution >= 4 is 5.97 Å². The molecule has 2 rings (SSSR count). The predicted molar refractivity (Wildman–Crippen MR) is 34.9 cm³/mol. The second-order valence-electron chi connectivity index (χ2n) is 2.80. The molecule has 0 amide bonds. The summed E-state index contributed by atoms with van der Waals surface area (Å²) in [5.41, 5.74) is 0. The fraction of sp³-hybridized carbons (Fsp3) is 0.571. The molecule has 0 aliphatic carbocycles. The molecule has 0 aromatic heterocycles. The van der Waals surface area contributed by atoms with Gasteiger partial charge in [0.25, 0.3) is 0 Å². The minimum absolute atomic E-state index is 0.402. The first-order valence-electron chi connectivity index (χ1n) is 3.45. The van der Waals surface area contributed by atoms with Gasteiger partial charge in [-0.15, -0.1) is 0 Å². The van der Waals surface area contributed by atoms with Gasteiger partial charge in [0.2, 0.25) is 0 Å². The number of hydrogen-bond acceptors (Lipinski definition) is 3. The Labute approximate surface area is 63.1 Å². The van der Waals surface area contributed by atoms with Crippen LogP contribution in [-0.4, -0.2) is 34.5 Å². The van der Waals surface area contributed by atoms with E-state index in [9.17, 15) is 9.90 Å². The van der Waals surface area contributed by atoms with Gasteiger partial charge in [-0.25, -0.2) is 0 Å². The van der Waals surface area contributed by atoms with Crippen LogP contribution in [0.1, 0.15) is 0 Å². The molecule has 0 spiro atoms. The van der Waals surface area contributed by atoms with Gasteiger partial charge in [-0.05, 0) is 0 Å². The number of rotatable bonds is 1. The van der Waals surface area contributed by atoms with E-state index in [1.165, 1.54) is 0 Å². The summed E-state index contributed by atoms with van der Waals surface area (Å²) in [6.07, 6.45) is 1.70. The predicted octanol–water partition coefficient (Wildman–Crippen LogP) is -0.615. The lowest BCUT2D eigenvalue weighted by Gasteiger charge is -2.15. The fourth-order valence-electron chi connectivity index (χ4n) is 1.58. The zero-order valence-corrected chi connectivity index (χ0v) is 5.68. The lowest BCUT2D eigenvalue weighted by atomic mass is 9.92. The molecule has 2 bridgehead atoms. The summed E-state index contributed by atoms with van der Waals surface area (Å²) in [7, 11) is 0. The Morgan fingerprint density at radius 2 is 2.00 bits per heavy atom. The third-order valence-electron chi connectivity index (χ3n) is 2.15. The number of aliphatic hydroxyl groups is 1. The van der Waals surface area contributed by atoms with Crippen LogP contribution in [0.25, 0.3) is 0 Å². The monoisotopic (exact) mass is 156 g/mol. The van der Waals surface area contributed by atoms with E-state index >= 15 is 0 Å². The maximum atomic E-state index is 10.5. The quantitative estimate of drug-likeness (QED) is 0.497. The van der Waals surface area contributed by atoms with Crippen molar-refractivity contribution in [2.45, 2.75) is 18.3 Å². The van der Waals surface area contributed by atoms with E-state index in [-0.39, 0.29) is 0 Å². The van der Waals surface area contributed by atoms with Crippen LogP contribution in [0.5, 0.6) is 0 Å². The molecule has 11 heavy (non-hydrogen) atoms. The molecule has 0 radical (unpaired) electrons. The van der Waals surface area contributed by atoms with Crippen molar-refractivity contribution in [3.63, 3.8) is 0 Å². The fourth-order valence-corrected chi connectivity index (χ4v) is 1.58. The molecule has 2 aliphatic rings. The number of carboxylic acid groups (broad SMARTS) is 1. The summed E-state index contributed by atoms with van der Waals surface area (Å²) in [5, 5.41) is 17.9. The van der Waals surface area contributed by atoms with Gasteiger partial charge in [-0.1, -0.05) is 12.2 Å². The number of carboxylic acids is 1. The normalized spacial score (nSPS) is 46.6. The molecule has 4 heteroatoms. The Morgan fingerprint density at radius 1 is 1.36 bits per heavy atom. The van der Waals surface area contributed by atoms with Gasteiger partial charge in [0.05, 0.1) is 12.2 Å². The van der Waals surface area contributed by atoms with E-state index in [1.54, 1.807) is 12.2 Å². The number of aliphatic hydroxyl groups excluding tert-OH is 1. The maximum Gasteiger partial charge on any atom is 0.312 e. The van der Waals surface area contributed by atoms with Crippen molar-refractivity contribution in [1.82, 2.24) is 0 Å². The summed E-state index contributed by atoms with van der Waals surface area (Å²) in [4.78, 5) is 10.5. The van der Waals surface area contributed by atoms with Gasteiger partial charge < -0.3 is 14.9 Å². The van der Waals surface area contributed by atoms with Gasteiger partial charge in [0.15, 0.2) is 0 Å². The highest BCUT2D eigenvalue weighted by molar-refractivity contribution is 5.73. The van der Waals surface area contributed by atoms with Gasteiger partial charge in [-0.2, -0.15) is 0 Å². The van der Waals surface area contributed by atoms with Crippen molar-refractivity contribution in [3.8, 4) is 0 Å². The van der Waals surface area contributed by atoms with Crippen LogP contribution >= 0.6 is 0 Å². The lowest BCUT2D eigenvalue weighted by molar-refractivity contribution is -0.145. The zero-order valence-electron chi connectivity index (χ0n) is 5.68. The first kappa shape index (κ1) is 6.82. The van der Waals surface area contributed by atoms with Crippen LogP contribution in [-0.2, 0) is 9.53 Å². The van der Waals surface area contributed by atoms with Gasteiger partial charge >= 0.3 is 5.97 Å². The molecular formula is C7H8O4. The summed E-state index contributed by atoms with van der Waals surface area (Å²) in [5.74, 6) is -1.76. The van der Waals surface area contributed by atoms with E-state index in [0.717, 1.165) is 0 Å². The number of carbonyl (C=O) groups is 1. The minimum Gasteiger partial charge on any atom is -0.481 e. The molecule has 2 aliphatic heterocycles. The van der Waals surface area contributed by atoms with Crippen LogP contribution < -0.4 is 0 Å². The van der Waals surface area contributed by atoms with Crippen molar-refractivity contribution in [1.29, 1.82) is 0 Å². The molecule has 60 valence electrons. The Kier molecular flexibility index (Phi) is 1.27. The van der Waals surface area contributed by atoms with Crippen molar-refractivity contribution in [2.75, 3.05) is 0 Å². The first-order valence-corrected chi connectivity index (χ1v) is 3.45. The van der Waals surface area contributed by atoms with Crippen molar-refractivity contribution in [3.05, 3.63) is 12.2 Å². The molecule has 1 fully saturated rings. The average molecular weight is 156 g/mol. The highest BCUT2D eigenvalue weighted by Crippen LogP contribution is 2.33. The van der Waals surface area contributed by atoms with E-state index in [0.29, 0.717) is 0 Å². The molecular weight excluding hydrogens is 148 g/mol. The zero-order chi connectivity index (χ0) is 8.01. The topological polar surface area (TPSA) is 66.8 Å². The third-order valence-corrected chi connectivity index (χ3v) is 2.15. The van der Waals surface area contributed by atoms with E-state index in [2.05, 4.69) is 0 Å². The van der Waals surface area contributed by atoms with Crippen LogP contribution in [0.3, 0.4) is 0 Å². The molecule has 1 saturated heterocycles. The van der Waals surface area contributed by atoms with Crippen LogP contribution in [0.4, 0.5) is 0 Å². The van der Waals surface area contributed by atoms with Crippen LogP contribution in [0, 0.1) is 5.92 Å². The standard InChI is InChI=1S/C7H8O4/c8-6-4-2-1-3(11-4)5(6)7(9)10/h1-6,8H,(H,9,10). The van der Waals surface area contributed by atoms with E-state index < -0.39 is 30.2 Å². The summed E-state index contributed by atoms with van der Waals surface area (Å²) in [6.45, 7) is 0. The van der Waals surface area contributed by atoms with Crippen molar-refractivity contribution in [2.24, 2.45) is 5.92 Å². The first-order chi connectivity index (χ1) is 5.20. The van der Waals surface area contributed by atoms with Gasteiger partial charge in [0.1, 0.15) is 12.0 Å². The van der Waals surface area contributed by atoms with Gasteiger partial charge in [-0.3, -0.25) is 4.79 Å². The number of fused-ring (bicyclic) bond motifs is 2. The minimum atomic E-state index is -0.991. The highest BCUT2D eigenvalue weighted by atomic mass is 16.5. The molecule has 0 aromatic rings. The molecule has 2 N–H and O–H groups in total. The molecule has 4 nitrogen and oxygen atoms in total. The Hall–Kier alpha value is -0.870. The van der Waals surface area contributed by atoms with Gasteiger partial charge in [0, 0.05) is 0 Å². The number of hydrogen-bond donors (Lipinski definition) is 2.